The maximum Gasteiger partial charge on any atom is 0.256 e. The lowest BCUT2D eigenvalue weighted by atomic mass is 9.50. The van der Waals surface area contributed by atoms with Gasteiger partial charge in [0.1, 0.15) is 11.6 Å². The summed E-state index contributed by atoms with van der Waals surface area (Å²) in [7, 11) is 0. The van der Waals surface area contributed by atoms with Gasteiger partial charge in [-0.05, 0) is 86.7 Å². The Bertz CT molecular complexity index is 850. The summed E-state index contributed by atoms with van der Waals surface area (Å²) in [5.41, 5.74) is 1.41. The Labute approximate surface area is 184 Å². The van der Waals surface area contributed by atoms with Crippen LogP contribution in [-0.2, 0) is 0 Å². The van der Waals surface area contributed by atoms with E-state index in [-0.39, 0.29) is 29.3 Å². The molecule has 2 atom stereocenters. The van der Waals surface area contributed by atoms with Gasteiger partial charge in [-0.15, -0.1) is 0 Å². The lowest BCUT2D eigenvalue weighted by Crippen LogP contribution is -2.48. The molecule has 1 heterocycles. The van der Waals surface area contributed by atoms with Crippen LogP contribution in [0.15, 0.2) is 12.1 Å². The largest absolute Gasteiger partial charge is 0.493 e. The Balaban J connectivity index is 1.23. The smallest absolute Gasteiger partial charge is 0.256 e. The number of rotatable bonds is 5. The summed E-state index contributed by atoms with van der Waals surface area (Å²) >= 11 is 0. The van der Waals surface area contributed by atoms with E-state index in [4.69, 9.17) is 4.74 Å². The van der Waals surface area contributed by atoms with Crippen LogP contribution in [-0.4, -0.2) is 41.7 Å². The molecule has 0 spiro atoms. The third-order valence-electron chi connectivity index (χ3n) is 8.91. The summed E-state index contributed by atoms with van der Waals surface area (Å²) in [4.78, 5) is 14.6. The number of halogens is 1. The van der Waals surface area contributed by atoms with Gasteiger partial charge in [0.25, 0.3) is 5.91 Å². The molecular weight excluding hydrogens is 393 g/mol. The molecule has 2 unspecified atom stereocenters. The quantitative estimate of drug-likeness (QED) is 0.738. The molecule has 5 aliphatic carbocycles. The molecular formula is C26H34FNO3. The third-order valence-corrected chi connectivity index (χ3v) is 8.91. The van der Waals surface area contributed by atoms with Gasteiger partial charge in [-0.25, -0.2) is 4.39 Å². The van der Waals surface area contributed by atoms with Gasteiger partial charge in [-0.2, -0.15) is 0 Å². The predicted molar refractivity (Wildman–Crippen MR) is 116 cm³/mol. The number of aliphatic hydroxyl groups is 1. The number of amides is 1. The van der Waals surface area contributed by atoms with Crippen LogP contribution in [0.5, 0.6) is 5.75 Å². The average Bonchev–Trinajstić information content (AvgIpc) is 3.50. The van der Waals surface area contributed by atoms with Crippen LogP contribution in [0.3, 0.4) is 0 Å². The Hall–Kier alpha value is -1.62. The molecule has 1 N–H and O–H groups in total. The number of likely N-dealkylation sites (tertiary alicyclic amines) is 1. The van der Waals surface area contributed by atoms with E-state index >= 15 is 4.39 Å². The number of β-amino-alcohol motifs (C(OH)–C–C–N with tert-alkyl or cyclic N) is 1. The van der Waals surface area contributed by atoms with Gasteiger partial charge in [-0.3, -0.25) is 4.79 Å². The van der Waals surface area contributed by atoms with E-state index < -0.39 is 11.9 Å². The molecule has 0 aromatic heterocycles. The van der Waals surface area contributed by atoms with E-state index in [1.807, 2.05) is 6.92 Å². The number of carbonyl (C=O) groups is 1. The van der Waals surface area contributed by atoms with E-state index in [0.29, 0.717) is 24.8 Å². The molecule has 4 bridgehead atoms. The van der Waals surface area contributed by atoms with Crippen molar-refractivity contribution >= 4 is 5.91 Å². The minimum Gasteiger partial charge on any atom is -0.493 e. The Kier molecular flexibility index (Phi) is 4.65. The van der Waals surface area contributed by atoms with Crippen LogP contribution in [0.25, 0.3) is 0 Å². The molecule has 1 amide bonds. The van der Waals surface area contributed by atoms with E-state index in [2.05, 4.69) is 0 Å². The van der Waals surface area contributed by atoms with E-state index in [0.717, 1.165) is 36.2 Å². The topological polar surface area (TPSA) is 49.8 Å². The molecule has 1 aliphatic heterocycles. The first kappa shape index (κ1) is 20.0. The van der Waals surface area contributed by atoms with Crippen molar-refractivity contribution in [1.29, 1.82) is 0 Å². The van der Waals surface area contributed by atoms with Crippen molar-refractivity contribution in [2.45, 2.75) is 70.3 Å². The summed E-state index contributed by atoms with van der Waals surface area (Å²) in [6.45, 7) is 3.37. The summed E-state index contributed by atoms with van der Waals surface area (Å²) in [5, 5.41) is 10.0. The first-order valence-corrected chi connectivity index (χ1v) is 12.3. The molecule has 5 saturated carbocycles. The monoisotopic (exact) mass is 427 g/mol. The highest BCUT2D eigenvalue weighted by molar-refractivity contribution is 5.95. The summed E-state index contributed by atoms with van der Waals surface area (Å²) < 4.78 is 21.5. The highest BCUT2D eigenvalue weighted by atomic mass is 19.1. The minimum atomic E-state index is -0.530. The number of carbonyl (C=O) groups excluding carboxylic acids is 1. The van der Waals surface area contributed by atoms with Crippen LogP contribution >= 0.6 is 0 Å². The maximum atomic E-state index is 15.1. The van der Waals surface area contributed by atoms with Gasteiger partial charge in [0.05, 0.1) is 18.3 Å². The van der Waals surface area contributed by atoms with Crippen molar-refractivity contribution in [3.05, 3.63) is 29.1 Å². The molecule has 1 saturated heterocycles. The molecule has 1 aromatic carbocycles. The van der Waals surface area contributed by atoms with Gasteiger partial charge in [-0.1, -0.05) is 6.92 Å². The van der Waals surface area contributed by atoms with Crippen LogP contribution in [0.1, 0.15) is 80.1 Å². The highest BCUT2D eigenvalue weighted by Crippen LogP contribution is 2.60. The third kappa shape index (κ3) is 3.57. The second-order valence-electron chi connectivity index (χ2n) is 11.6. The zero-order valence-electron chi connectivity index (χ0n) is 18.5. The first-order chi connectivity index (χ1) is 14.9. The molecule has 4 nitrogen and oxygen atoms in total. The zero-order valence-corrected chi connectivity index (χ0v) is 18.5. The fourth-order valence-electron chi connectivity index (χ4n) is 7.56. The SMILES string of the molecule is CC1CN(C(=O)c2cc(C3CC3)c(OCC34CC5CC(CC(C5)C3)C4)cc2F)CC1O. The molecule has 168 valence electrons. The van der Waals surface area contributed by atoms with Crippen molar-refractivity contribution in [2.24, 2.45) is 29.1 Å². The molecule has 1 aromatic rings. The Morgan fingerprint density at radius 3 is 2.32 bits per heavy atom. The molecule has 0 radical (unpaired) electrons. The second-order valence-corrected chi connectivity index (χ2v) is 11.6. The first-order valence-electron chi connectivity index (χ1n) is 12.3. The molecule has 6 aliphatic rings. The maximum absolute atomic E-state index is 15.1. The standard InChI is InChI=1S/C26H34FNO3/c1-15-12-28(13-23(15)29)25(30)21-7-20(19-2-3-19)24(8-22(21)27)31-14-26-9-16-4-17(10-26)6-18(5-16)11-26/h7-8,15-19,23,29H,2-6,9-14H2,1H3. The zero-order chi connectivity index (χ0) is 21.3. The Morgan fingerprint density at radius 2 is 1.77 bits per heavy atom. The van der Waals surface area contributed by atoms with Gasteiger partial charge >= 0.3 is 0 Å². The van der Waals surface area contributed by atoms with Gasteiger partial charge in [0.15, 0.2) is 0 Å². The molecule has 7 rings (SSSR count). The van der Waals surface area contributed by atoms with Crippen molar-refractivity contribution in [3.63, 3.8) is 0 Å². The van der Waals surface area contributed by atoms with Crippen molar-refractivity contribution in [1.82, 2.24) is 4.90 Å². The normalized spacial score (nSPS) is 38.7. The number of benzene rings is 1. The lowest BCUT2D eigenvalue weighted by Gasteiger charge is -2.56. The Morgan fingerprint density at radius 1 is 1.13 bits per heavy atom. The van der Waals surface area contributed by atoms with E-state index in [1.54, 1.807) is 11.0 Å². The van der Waals surface area contributed by atoms with Gasteiger partial charge < -0.3 is 14.7 Å². The number of aliphatic hydroxyl groups excluding tert-OH is 1. The second kappa shape index (κ2) is 7.19. The van der Waals surface area contributed by atoms with E-state index in [1.165, 1.54) is 44.6 Å². The van der Waals surface area contributed by atoms with E-state index in [9.17, 15) is 9.90 Å². The molecule has 6 fully saturated rings. The number of ether oxygens (including phenoxy) is 1. The van der Waals surface area contributed by atoms with Crippen LogP contribution in [0.4, 0.5) is 4.39 Å². The molecule has 5 heteroatoms. The number of nitrogens with zero attached hydrogens (tertiary/aromatic N) is 1. The van der Waals surface area contributed by atoms with Crippen molar-refractivity contribution in [3.8, 4) is 5.75 Å². The van der Waals surface area contributed by atoms with Crippen molar-refractivity contribution < 1.29 is 19.0 Å². The lowest BCUT2D eigenvalue weighted by molar-refractivity contribution is -0.0747. The fourth-order valence-corrected chi connectivity index (χ4v) is 7.56. The van der Waals surface area contributed by atoms with Crippen LogP contribution in [0, 0.1) is 34.9 Å². The molecule has 31 heavy (non-hydrogen) atoms. The van der Waals surface area contributed by atoms with Crippen LogP contribution in [0.2, 0.25) is 0 Å². The van der Waals surface area contributed by atoms with Gasteiger partial charge in [0.2, 0.25) is 0 Å². The summed E-state index contributed by atoms with van der Waals surface area (Å²) in [6.07, 6.45) is 9.65. The average molecular weight is 428 g/mol. The summed E-state index contributed by atoms with van der Waals surface area (Å²) in [5.74, 6) is 2.86. The number of hydrogen-bond donors (Lipinski definition) is 1. The highest BCUT2D eigenvalue weighted by Gasteiger charge is 2.51. The summed E-state index contributed by atoms with van der Waals surface area (Å²) in [6, 6.07) is 3.22. The number of hydrogen-bond acceptors (Lipinski definition) is 3. The van der Waals surface area contributed by atoms with Crippen LogP contribution < -0.4 is 4.74 Å². The minimum absolute atomic E-state index is 0.0257. The predicted octanol–water partition coefficient (Wildman–Crippen LogP) is 4.75. The van der Waals surface area contributed by atoms with Gasteiger partial charge in [0, 0.05) is 30.5 Å². The fraction of sp³-hybridized carbons (Fsp3) is 0.731. The van der Waals surface area contributed by atoms with Crippen molar-refractivity contribution in [2.75, 3.05) is 19.7 Å².